The third-order valence-electron chi connectivity index (χ3n) is 2.86. The molecule has 0 saturated carbocycles. The molecule has 0 bridgehead atoms. The first-order chi connectivity index (χ1) is 8.74. The summed E-state index contributed by atoms with van der Waals surface area (Å²) >= 11 is 3.43. The molecule has 0 radical (unpaired) electrons. The predicted molar refractivity (Wildman–Crippen MR) is 76.4 cm³/mol. The fourth-order valence-corrected chi connectivity index (χ4v) is 2.34. The molecule has 1 fully saturated rings. The molecule has 1 aliphatic rings. The number of ether oxygens (including phenoxy) is 1. The van der Waals surface area contributed by atoms with Crippen LogP contribution in [0.25, 0.3) is 0 Å². The quantitative estimate of drug-likeness (QED) is 0.661. The molecule has 2 rings (SSSR count). The Balaban J connectivity index is 1.77. The zero-order valence-corrected chi connectivity index (χ0v) is 11.8. The molecule has 5 heteroatoms. The molecular weight excluding hydrogens is 294 g/mol. The lowest BCUT2D eigenvalue weighted by Crippen LogP contribution is -2.37. The van der Waals surface area contributed by atoms with Gasteiger partial charge in [-0.25, -0.2) is 4.99 Å². The van der Waals surface area contributed by atoms with Crippen LogP contribution in [0.5, 0.6) is 0 Å². The molecule has 0 spiro atoms. The van der Waals surface area contributed by atoms with Crippen LogP contribution < -0.4 is 11.1 Å². The SMILES string of the molecule is NC(=NCc1cccc(Br)c1)NCC1CCCO1. The highest BCUT2D eigenvalue weighted by Crippen LogP contribution is 2.12. The van der Waals surface area contributed by atoms with E-state index in [2.05, 4.69) is 26.2 Å². The summed E-state index contributed by atoms with van der Waals surface area (Å²) in [5.41, 5.74) is 6.94. The topological polar surface area (TPSA) is 59.6 Å². The number of guanidine groups is 1. The largest absolute Gasteiger partial charge is 0.376 e. The van der Waals surface area contributed by atoms with Gasteiger partial charge in [0.25, 0.3) is 0 Å². The van der Waals surface area contributed by atoms with Crippen molar-refractivity contribution in [2.75, 3.05) is 13.2 Å². The number of halogens is 1. The number of hydrogen-bond donors (Lipinski definition) is 2. The molecule has 1 aromatic rings. The molecule has 1 aromatic carbocycles. The zero-order valence-electron chi connectivity index (χ0n) is 10.2. The highest BCUT2D eigenvalue weighted by Gasteiger charge is 2.14. The van der Waals surface area contributed by atoms with E-state index >= 15 is 0 Å². The molecule has 1 heterocycles. The summed E-state index contributed by atoms with van der Waals surface area (Å²) in [5.74, 6) is 0.477. The standard InChI is InChI=1S/C13H18BrN3O/c14-11-4-1-3-10(7-11)8-16-13(15)17-9-12-5-2-6-18-12/h1,3-4,7,12H,2,5-6,8-9H2,(H3,15,16,17). The zero-order chi connectivity index (χ0) is 12.8. The van der Waals surface area contributed by atoms with Gasteiger partial charge in [0.15, 0.2) is 5.96 Å². The third kappa shape index (κ3) is 4.31. The Bertz CT molecular complexity index is 416. The second-order valence-electron chi connectivity index (χ2n) is 4.35. The van der Waals surface area contributed by atoms with Gasteiger partial charge in [0.2, 0.25) is 0 Å². The molecule has 0 amide bonds. The van der Waals surface area contributed by atoms with E-state index in [1.54, 1.807) is 0 Å². The van der Waals surface area contributed by atoms with Gasteiger partial charge >= 0.3 is 0 Å². The summed E-state index contributed by atoms with van der Waals surface area (Å²) in [4.78, 5) is 4.30. The van der Waals surface area contributed by atoms with Crippen LogP contribution in [-0.4, -0.2) is 25.2 Å². The Morgan fingerprint density at radius 1 is 1.56 bits per heavy atom. The maximum Gasteiger partial charge on any atom is 0.189 e. The molecule has 1 aliphatic heterocycles. The van der Waals surface area contributed by atoms with Gasteiger partial charge in [-0.3, -0.25) is 0 Å². The molecule has 1 unspecified atom stereocenters. The normalized spacial score (nSPS) is 20.1. The molecule has 0 aliphatic carbocycles. The van der Waals surface area contributed by atoms with E-state index in [1.807, 2.05) is 24.3 Å². The second kappa shape index (κ2) is 6.75. The van der Waals surface area contributed by atoms with Crippen LogP contribution in [0.4, 0.5) is 0 Å². The van der Waals surface area contributed by atoms with Gasteiger partial charge in [-0.15, -0.1) is 0 Å². The summed E-state index contributed by atoms with van der Waals surface area (Å²) in [5, 5.41) is 3.10. The molecule has 18 heavy (non-hydrogen) atoms. The Morgan fingerprint density at radius 3 is 3.17 bits per heavy atom. The van der Waals surface area contributed by atoms with Crippen molar-refractivity contribution in [3.63, 3.8) is 0 Å². The highest BCUT2D eigenvalue weighted by atomic mass is 79.9. The average Bonchev–Trinajstić information content (AvgIpc) is 2.87. The van der Waals surface area contributed by atoms with Crippen molar-refractivity contribution in [2.24, 2.45) is 10.7 Å². The molecule has 0 aromatic heterocycles. The van der Waals surface area contributed by atoms with Crippen molar-refractivity contribution in [1.29, 1.82) is 0 Å². The summed E-state index contributed by atoms with van der Waals surface area (Å²) < 4.78 is 6.56. The lowest BCUT2D eigenvalue weighted by molar-refractivity contribution is 0.114. The van der Waals surface area contributed by atoms with Gasteiger partial charge in [-0.1, -0.05) is 28.1 Å². The number of nitrogens with two attached hydrogens (primary N) is 1. The minimum atomic E-state index is 0.282. The van der Waals surface area contributed by atoms with E-state index in [9.17, 15) is 0 Å². The van der Waals surface area contributed by atoms with Gasteiger partial charge < -0.3 is 15.8 Å². The Kier molecular flexibility index (Phi) is 5.01. The van der Waals surface area contributed by atoms with Crippen LogP contribution >= 0.6 is 15.9 Å². The summed E-state index contributed by atoms with van der Waals surface area (Å²) in [7, 11) is 0. The highest BCUT2D eigenvalue weighted by molar-refractivity contribution is 9.10. The fourth-order valence-electron chi connectivity index (χ4n) is 1.89. The monoisotopic (exact) mass is 311 g/mol. The maximum atomic E-state index is 5.81. The minimum Gasteiger partial charge on any atom is -0.376 e. The lowest BCUT2D eigenvalue weighted by atomic mass is 10.2. The average molecular weight is 312 g/mol. The number of nitrogens with one attached hydrogen (secondary N) is 1. The lowest BCUT2D eigenvalue weighted by Gasteiger charge is -2.11. The van der Waals surface area contributed by atoms with Gasteiger partial charge in [0, 0.05) is 17.6 Å². The molecule has 4 nitrogen and oxygen atoms in total. The van der Waals surface area contributed by atoms with E-state index in [0.717, 1.165) is 36.0 Å². The number of nitrogens with zero attached hydrogens (tertiary/aromatic N) is 1. The van der Waals surface area contributed by atoms with Crippen molar-refractivity contribution < 1.29 is 4.74 Å². The van der Waals surface area contributed by atoms with Gasteiger partial charge in [-0.2, -0.15) is 0 Å². The fraction of sp³-hybridized carbons (Fsp3) is 0.462. The minimum absolute atomic E-state index is 0.282. The van der Waals surface area contributed by atoms with Gasteiger partial charge in [-0.05, 0) is 30.5 Å². The number of benzene rings is 1. The number of rotatable bonds is 4. The van der Waals surface area contributed by atoms with Crippen molar-refractivity contribution in [3.8, 4) is 0 Å². The van der Waals surface area contributed by atoms with E-state index in [-0.39, 0.29) is 6.10 Å². The van der Waals surface area contributed by atoms with Crippen molar-refractivity contribution >= 4 is 21.9 Å². The smallest absolute Gasteiger partial charge is 0.189 e. The van der Waals surface area contributed by atoms with E-state index < -0.39 is 0 Å². The summed E-state index contributed by atoms with van der Waals surface area (Å²) in [6.07, 6.45) is 2.53. The summed E-state index contributed by atoms with van der Waals surface area (Å²) in [6.45, 7) is 2.19. The number of aliphatic imine (C=N–C) groups is 1. The first kappa shape index (κ1) is 13.4. The van der Waals surface area contributed by atoms with Crippen LogP contribution in [0, 0.1) is 0 Å². The Hall–Kier alpha value is -1.07. The van der Waals surface area contributed by atoms with Crippen molar-refractivity contribution in [2.45, 2.75) is 25.5 Å². The van der Waals surface area contributed by atoms with Crippen LogP contribution in [0.1, 0.15) is 18.4 Å². The first-order valence-corrected chi connectivity index (χ1v) is 6.93. The Labute approximate surface area is 116 Å². The predicted octanol–water partition coefficient (Wildman–Crippen LogP) is 2.03. The van der Waals surface area contributed by atoms with E-state index in [1.165, 1.54) is 0 Å². The second-order valence-corrected chi connectivity index (χ2v) is 5.26. The maximum absolute atomic E-state index is 5.81. The van der Waals surface area contributed by atoms with Crippen LogP contribution in [0.3, 0.4) is 0 Å². The first-order valence-electron chi connectivity index (χ1n) is 6.14. The summed E-state index contributed by atoms with van der Waals surface area (Å²) in [6, 6.07) is 8.05. The van der Waals surface area contributed by atoms with Crippen LogP contribution in [0.15, 0.2) is 33.7 Å². The van der Waals surface area contributed by atoms with E-state index in [4.69, 9.17) is 10.5 Å². The van der Waals surface area contributed by atoms with Gasteiger partial charge in [0.05, 0.1) is 12.6 Å². The molecule has 3 N–H and O–H groups in total. The van der Waals surface area contributed by atoms with E-state index in [0.29, 0.717) is 12.5 Å². The third-order valence-corrected chi connectivity index (χ3v) is 3.35. The van der Waals surface area contributed by atoms with Crippen molar-refractivity contribution in [1.82, 2.24) is 5.32 Å². The molecule has 1 atom stereocenters. The molecule has 1 saturated heterocycles. The van der Waals surface area contributed by atoms with Crippen LogP contribution in [0.2, 0.25) is 0 Å². The molecule has 98 valence electrons. The van der Waals surface area contributed by atoms with Crippen molar-refractivity contribution in [3.05, 3.63) is 34.3 Å². The van der Waals surface area contributed by atoms with Gasteiger partial charge in [0.1, 0.15) is 0 Å². The number of hydrogen-bond acceptors (Lipinski definition) is 2. The molecular formula is C13H18BrN3O. The Morgan fingerprint density at radius 2 is 2.44 bits per heavy atom. The van der Waals surface area contributed by atoms with Crippen LogP contribution in [-0.2, 0) is 11.3 Å².